The summed E-state index contributed by atoms with van der Waals surface area (Å²) in [4.78, 5) is 22.8. The van der Waals surface area contributed by atoms with Crippen molar-refractivity contribution in [2.24, 2.45) is 5.73 Å². The van der Waals surface area contributed by atoms with Gasteiger partial charge in [-0.2, -0.15) is 0 Å². The van der Waals surface area contributed by atoms with E-state index < -0.39 is 17.9 Å². The van der Waals surface area contributed by atoms with Gasteiger partial charge in [0.05, 0.1) is 6.61 Å². The van der Waals surface area contributed by atoms with Crippen LogP contribution in [0.4, 0.5) is 0 Å². The Morgan fingerprint density at radius 1 is 1.44 bits per heavy atom. The van der Waals surface area contributed by atoms with Gasteiger partial charge in [0.1, 0.15) is 0 Å². The standard InChI is InChI=1S/C12H15BrN2O3/c1-2-18-12(17)10(14)11(16)15-7-8-5-3-4-6-9(8)13/h3-6,10H,2,7,14H2,1H3,(H,15,16). The van der Waals surface area contributed by atoms with Gasteiger partial charge in [0.15, 0.2) is 6.04 Å². The Morgan fingerprint density at radius 2 is 2.11 bits per heavy atom. The molecular formula is C12H15BrN2O3. The number of carbonyl (C=O) groups excluding carboxylic acids is 2. The highest BCUT2D eigenvalue weighted by Gasteiger charge is 2.22. The minimum absolute atomic E-state index is 0.198. The van der Waals surface area contributed by atoms with Crippen LogP contribution < -0.4 is 11.1 Å². The van der Waals surface area contributed by atoms with Crippen LogP contribution in [0.3, 0.4) is 0 Å². The summed E-state index contributed by atoms with van der Waals surface area (Å²) < 4.78 is 5.55. The van der Waals surface area contributed by atoms with Crippen LogP contribution in [0.1, 0.15) is 12.5 Å². The minimum Gasteiger partial charge on any atom is -0.464 e. The number of esters is 1. The number of nitrogens with one attached hydrogen (secondary N) is 1. The largest absolute Gasteiger partial charge is 0.464 e. The molecule has 0 aliphatic rings. The van der Waals surface area contributed by atoms with E-state index in [9.17, 15) is 9.59 Å². The average molecular weight is 315 g/mol. The molecule has 0 aliphatic heterocycles. The van der Waals surface area contributed by atoms with Gasteiger partial charge in [-0.05, 0) is 18.6 Å². The molecule has 98 valence electrons. The van der Waals surface area contributed by atoms with E-state index in [1.54, 1.807) is 6.92 Å². The molecule has 1 amide bonds. The third-order valence-electron chi connectivity index (χ3n) is 2.23. The van der Waals surface area contributed by atoms with Crippen molar-refractivity contribution >= 4 is 27.8 Å². The molecular weight excluding hydrogens is 300 g/mol. The Kier molecular flexibility index (Phi) is 5.80. The highest BCUT2D eigenvalue weighted by atomic mass is 79.9. The maximum atomic E-state index is 11.6. The summed E-state index contributed by atoms with van der Waals surface area (Å²) in [5.41, 5.74) is 6.36. The van der Waals surface area contributed by atoms with Gasteiger partial charge in [-0.25, -0.2) is 4.79 Å². The van der Waals surface area contributed by atoms with E-state index in [1.807, 2.05) is 24.3 Å². The predicted molar refractivity (Wildman–Crippen MR) is 70.6 cm³/mol. The van der Waals surface area contributed by atoms with Crippen molar-refractivity contribution in [1.82, 2.24) is 5.32 Å². The van der Waals surface area contributed by atoms with E-state index in [0.717, 1.165) is 10.0 Å². The van der Waals surface area contributed by atoms with Gasteiger partial charge in [0, 0.05) is 11.0 Å². The molecule has 0 heterocycles. The van der Waals surface area contributed by atoms with E-state index >= 15 is 0 Å². The van der Waals surface area contributed by atoms with Crippen molar-refractivity contribution < 1.29 is 14.3 Å². The lowest BCUT2D eigenvalue weighted by Gasteiger charge is -2.11. The van der Waals surface area contributed by atoms with Crippen molar-refractivity contribution in [3.63, 3.8) is 0 Å². The number of benzene rings is 1. The normalized spacial score (nSPS) is 11.7. The molecule has 0 radical (unpaired) electrons. The first-order valence-electron chi connectivity index (χ1n) is 5.49. The van der Waals surface area contributed by atoms with Crippen molar-refractivity contribution in [3.8, 4) is 0 Å². The van der Waals surface area contributed by atoms with Gasteiger partial charge in [0.25, 0.3) is 0 Å². The lowest BCUT2D eigenvalue weighted by molar-refractivity contribution is -0.148. The third kappa shape index (κ3) is 4.12. The molecule has 0 aromatic heterocycles. The Labute approximate surface area is 114 Å². The summed E-state index contributed by atoms with van der Waals surface area (Å²) in [5.74, 6) is -1.27. The molecule has 1 aromatic carbocycles. The Bertz CT molecular complexity index is 437. The smallest absolute Gasteiger partial charge is 0.332 e. The van der Waals surface area contributed by atoms with Gasteiger partial charge >= 0.3 is 5.97 Å². The van der Waals surface area contributed by atoms with Crippen LogP contribution in [0.15, 0.2) is 28.7 Å². The molecule has 0 saturated carbocycles. The predicted octanol–water partition coefficient (Wildman–Crippen LogP) is 0.956. The van der Waals surface area contributed by atoms with Crippen molar-refractivity contribution in [2.75, 3.05) is 6.61 Å². The lowest BCUT2D eigenvalue weighted by atomic mass is 10.2. The second-order valence-corrected chi connectivity index (χ2v) is 4.39. The van der Waals surface area contributed by atoms with Crippen LogP contribution in [0, 0.1) is 0 Å². The first kappa shape index (κ1) is 14.7. The van der Waals surface area contributed by atoms with E-state index in [2.05, 4.69) is 26.0 Å². The molecule has 3 N–H and O–H groups in total. The molecule has 0 aliphatic carbocycles. The fourth-order valence-electron chi connectivity index (χ4n) is 1.27. The van der Waals surface area contributed by atoms with Gasteiger partial charge in [0.2, 0.25) is 5.91 Å². The Hall–Kier alpha value is -1.40. The second-order valence-electron chi connectivity index (χ2n) is 3.54. The van der Waals surface area contributed by atoms with Crippen LogP contribution in [-0.2, 0) is 20.9 Å². The summed E-state index contributed by atoms with van der Waals surface area (Å²) in [7, 11) is 0. The summed E-state index contributed by atoms with van der Waals surface area (Å²) in [6.45, 7) is 2.15. The first-order chi connectivity index (χ1) is 8.56. The molecule has 18 heavy (non-hydrogen) atoms. The number of amides is 1. The Balaban J connectivity index is 2.51. The van der Waals surface area contributed by atoms with Crippen molar-refractivity contribution in [1.29, 1.82) is 0 Å². The zero-order chi connectivity index (χ0) is 13.5. The van der Waals surface area contributed by atoms with Crippen LogP contribution in [-0.4, -0.2) is 24.5 Å². The second kappa shape index (κ2) is 7.13. The summed E-state index contributed by atoms with van der Waals surface area (Å²) in [6, 6.07) is 6.18. The fourth-order valence-corrected chi connectivity index (χ4v) is 1.70. The van der Waals surface area contributed by atoms with E-state index in [0.29, 0.717) is 6.54 Å². The van der Waals surface area contributed by atoms with Crippen LogP contribution >= 0.6 is 15.9 Å². The topological polar surface area (TPSA) is 81.4 Å². The first-order valence-corrected chi connectivity index (χ1v) is 6.29. The average Bonchev–Trinajstić information content (AvgIpc) is 2.36. The number of ether oxygens (including phenoxy) is 1. The van der Waals surface area contributed by atoms with E-state index in [4.69, 9.17) is 5.73 Å². The molecule has 0 bridgehead atoms. The summed E-state index contributed by atoms with van der Waals surface area (Å²) in [5, 5.41) is 2.58. The number of carbonyl (C=O) groups is 2. The lowest BCUT2D eigenvalue weighted by Crippen LogP contribution is -2.46. The number of rotatable bonds is 5. The number of hydrogen-bond acceptors (Lipinski definition) is 4. The monoisotopic (exact) mass is 314 g/mol. The molecule has 5 nitrogen and oxygen atoms in total. The molecule has 1 aromatic rings. The molecule has 1 unspecified atom stereocenters. The molecule has 1 rings (SSSR count). The fraction of sp³-hybridized carbons (Fsp3) is 0.333. The maximum absolute atomic E-state index is 11.6. The number of hydrogen-bond donors (Lipinski definition) is 2. The molecule has 0 saturated heterocycles. The SMILES string of the molecule is CCOC(=O)C(N)C(=O)NCc1ccccc1Br. The molecule has 6 heteroatoms. The van der Waals surface area contributed by atoms with Crippen molar-refractivity contribution in [2.45, 2.75) is 19.5 Å². The zero-order valence-corrected chi connectivity index (χ0v) is 11.6. The van der Waals surface area contributed by atoms with Gasteiger partial charge in [-0.1, -0.05) is 34.1 Å². The van der Waals surface area contributed by atoms with Crippen LogP contribution in [0.25, 0.3) is 0 Å². The number of nitrogens with two attached hydrogens (primary N) is 1. The quantitative estimate of drug-likeness (QED) is 0.626. The molecule has 0 fully saturated rings. The zero-order valence-electron chi connectivity index (χ0n) is 9.98. The maximum Gasteiger partial charge on any atom is 0.332 e. The Morgan fingerprint density at radius 3 is 2.72 bits per heavy atom. The number of halogens is 1. The van der Waals surface area contributed by atoms with Crippen molar-refractivity contribution in [3.05, 3.63) is 34.3 Å². The highest BCUT2D eigenvalue weighted by Crippen LogP contribution is 2.15. The van der Waals surface area contributed by atoms with E-state index in [-0.39, 0.29) is 6.61 Å². The van der Waals surface area contributed by atoms with Gasteiger partial charge in [-0.3, -0.25) is 4.79 Å². The van der Waals surface area contributed by atoms with E-state index in [1.165, 1.54) is 0 Å². The van der Waals surface area contributed by atoms with Gasteiger partial charge < -0.3 is 15.8 Å². The summed E-state index contributed by atoms with van der Waals surface area (Å²) in [6.07, 6.45) is 0. The molecule has 0 spiro atoms. The van der Waals surface area contributed by atoms with Crippen LogP contribution in [0.2, 0.25) is 0 Å². The molecule has 1 atom stereocenters. The van der Waals surface area contributed by atoms with Gasteiger partial charge in [-0.15, -0.1) is 0 Å². The minimum atomic E-state index is -1.28. The third-order valence-corrected chi connectivity index (χ3v) is 3.01. The summed E-state index contributed by atoms with van der Waals surface area (Å²) >= 11 is 3.36. The highest BCUT2D eigenvalue weighted by molar-refractivity contribution is 9.10. The van der Waals surface area contributed by atoms with Crippen LogP contribution in [0.5, 0.6) is 0 Å².